The summed E-state index contributed by atoms with van der Waals surface area (Å²) < 4.78 is 11.1. The van der Waals surface area contributed by atoms with Crippen LogP contribution in [0.5, 0.6) is 0 Å². The Kier molecular flexibility index (Phi) is 5.55. The summed E-state index contributed by atoms with van der Waals surface area (Å²) in [4.78, 5) is 14.7. The molecule has 2 unspecified atom stereocenters. The van der Waals surface area contributed by atoms with Crippen LogP contribution in [0.2, 0.25) is 5.02 Å². The molecule has 100 valence electrons. The van der Waals surface area contributed by atoms with Crippen LogP contribution >= 0.6 is 11.6 Å². The second-order valence-corrected chi connectivity index (χ2v) is 6.07. The van der Waals surface area contributed by atoms with Crippen LogP contribution in [0.1, 0.15) is 23.8 Å². The lowest BCUT2D eigenvalue weighted by atomic mass is 10.3. The first kappa shape index (κ1) is 14.9. The number of aromatic nitrogens is 1. The van der Waals surface area contributed by atoms with Crippen molar-refractivity contribution < 1.29 is 14.1 Å². The van der Waals surface area contributed by atoms with Gasteiger partial charge in [-0.1, -0.05) is 18.5 Å². The summed E-state index contributed by atoms with van der Waals surface area (Å²) in [6, 6.07) is 3.10. The van der Waals surface area contributed by atoms with Crippen molar-refractivity contribution in [2.45, 2.75) is 18.6 Å². The normalized spacial score (nSPS) is 13.9. The standard InChI is InChI=1S/C11H15ClN2O3S/c1-7(18(2)17)5-6-13-9-4-3-8(12)10(14-9)11(15)16/h3-4,7H,5-6H2,1-2H3,(H,13,14)(H,15,16). The van der Waals surface area contributed by atoms with Crippen molar-refractivity contribution in [1.29, 1.82) is 0 Å². The maximum Gasteiger partial charge on any atom is 0.356 e. The minimum atomic E-state index is -1.16. The summed E-state index contributed by atoms with van der Waals surface area (Å²) >= 11 is 5.71. The van der Waals surface area contributed by atoms with Gasteiger partial charge in [0.1, 0.15) is 5.82 Å². The number of halogens is 1. The zero-order valence-corrected chi connectivity index (χ0v) is 11.7. The number of nitrogens with zero attached hydrogens (tertiary/aromatic N) is 1. The summed E-state index contributed by atoms with van der Waals surface area (Å²) in [5.74, 6) is -0.711. The van der Waals surface area contributed by atoms with Crippen molar-refractivity contribution in [3.05, 3.63) is 22.8 Å². The fraction of sp³-hybridized carbons (Fsp3) is 0.455. The molecule has 0 aliphatic rings. The van der Waals surface area contributed by atoms with Crippen molar-refractivity contribution in [3.8, 4) is 0 Å². The highest BCUT2D eigenvalue weighted by Gasteiger charge is 2.11. The Morgan fingerprint density at radius 3 is 2.83 bits per heavy atom. The Morgan fingerprint density at radius 1 is 1.61 bits per heavy atom. The lowest BCUT2D eigenvalue weighted by molar-refractivity contribution is 0.0691. The molecule has 1 heterocycles. The van der Waals surface area contributed by atoms with Gasteiger partial charge in [0, 0.05) is 28.9 Å². The lowest BCUT2D eigenvalue weighted by Gasteiger charge is -2.10. The van der Waals surface area contributed by atoms with E-state index in [1.165, 1.54) is 6.07 Å². The number of hydrogen-bond donors (Lipinski definition) is 2. The molecular formula is C11H15ClN2O3S. The SMILES string of the molecule is CC(CCNc1ccc(Cl)c(C(=O)O)n1)S(C)=O. The fourth-order valence-corrected chi connectivity index (χ4v) is 1.90. The largest absolute Gasteiger partial charge is 0.476 e. The van der Waals surface area contributed by atoms with E-state index in [-0.39, 0.29) is 16.0 Å². The summed E-state index contributed by atoms with van der Waals surface area (Å²) in [5, 5.41) is 12.0. The molecule has 7 heteroatoms. The number of anilines is 1. The molecule has 2 atom stereocenters. The zero-order chi connectivity index (χ0) is 13.7. The average Bonchev–Trinajstić information content (AvgIpc) is 2.30. The van der Waals surface area contributed by atoms with Gasteiger partial charge in [0.15, 0.2) is 5.69 Å². The van der Waals surface area contributed by atoms with Crippen molar-refractivity contribution in [2.75, 3.05) is 18.1 Å². The molecule has 0 radical (unpaired) electrons. The third-order valence-electron chi connectivity index (χ3n) is 2.47. The molecule has 0 aliphatic heterocycles. The van der Waals surface area contributed by atoms with Gasteiger partial charge >= 0.3 is 5.97 Å². The van der Waals surface area contributed by atoms with Crippen molar-refractivity contribution in [1.82, 2.24) is 4.98 Å². The van der Waals surface area contributed by atoms with Crippen LogP contribution in [0.25, 0.3) is 0 Å². The van der Waals surface area contributed by atoms with E-state index in [2.05, 4.69) is 10.3 Å². The highest BCUT2D eigenvalue weighted by molar-refractivity contribution is 7.84. The maximum atomic E-state index is 11.1. The monoisotopic (exact) mass is 290 g/mol. The maximum absolute atomic E-state index is 11.1. The first-order chi connectivity index (χ1) is 8.41. The van der Waals surface area contributed by atoms with Crippen LogP contribution in [-0.4, -0.2) is 38.3 Å². The molecule has 0 aromatic carbocycles. The third-order valence-corrected chi connectivity index (χ3v) is 4.15. The molecule has 0 fully saturated rings. The van der Waals surface area contributed by atoms with Gasteiger partial charge in [0.25, 0.3) is 0 Å². The summed E-state index contributed by atoms with van der Waals surface area (Å²) in [6.45, 7) is 2.48. The van der Waals surface area contributed by atoms with Crippen molar-refractivity contribution in [2.24, 2.45) is 0 Å². The number of carbonyl (C=O) groups is 1. The summed E-state index contributed by atoms with van der Waals surface area (Å²) in [7, 11) is -0.859. The average molecular weight is 291 g/mol. The van der Waals surface area contributed by atoms with E-state index < -0.39 is 16.8 Å². The number of nitrogens with one attached hydrogen (secondary N) is 1. The molecule has 0 spiro atoms. The van der Waals surface area contributed by atoms with E-state index in [1.807, 2.05) is 6.92 Å². The first-order valence-corrected chi connectivity index (χ1v) is 7.37. The van der Waals surface area contributed by atoms with Gasteiger partial charge in [-0.2, -0.15) is 0 Å². The van der Waals surface area contributed by atoms with E-state index in [9.17, 15) is 9.00 Å². The van der Waals surface area contributed by atoms with E-state index in [4.69, 9.17) is 16.7 Å². The van der Waals surface area contributed by atoms with Gasteiger partial charge in [-0.25, -0.2) is 9.78 Å². The molecule has 1 aromatic heterocycles. The Morgan fingerprint density at radius 2 is 2.28 bits per heavy atom. The van der Waals surface area contributed by atoms with Gasteiger partial charge in [-0.3, -0.25) is 4.21 Å². The van der Waals surface area contributed by atoms with E-state index in [1.54, 1.807) is 12.3 Å². The van der Waals surface area contributed by atoms with Crippen LogP contribution in [0.4, 0.5) is 5.82 Å². The number of carboxylic acids is 1. The van der Waals surface area contributed by atoms with E-state index >= 15 is 0 Å². The molecule has 18 heavy (non-hydrogen) atoms. The predicted octanol–water partition coefficient (Wildman–Crippen LogP) is 2.00. The molecule has 0 saturated heterocycles. The summed E-state index contributed by atoms with van der Waals surface area (Å²) in [5.41, 5.74) is -0.172. The zero-order valence-electron chi connectivity index (χ0n) is 10.1. The molecule has 1 rings (SSSR count). The first-order valence-electron chi connectivity index (χ1n) is 5.37. The number of aromatic carboxylic acids is 1. The van der Waals surface area contributed by atoms with Crippen LogP contribution < -0.4 is 5.32 Å². The summed E-state index contributed by atoms with van der Waals surface area (Å²) in [6.07, 6.45) is 2.38. The van der Waals surface area contributed by atoms with Gasteiger partial charge in [0.05, 0.1) is 5.02 Å². The number of rotatable bonds is 6. The smallest absolute Gasteiger partial charge is 0.356 e. The molecule has 1 aromatic rings. The van der Waals surface area contributed by atoms with Gasteiger partial charge < -0.3 is 10.4 Å². The van der Waals surface area contributed by atoms with Gasteiger partial charge in [0.2, 0.25) is 0 Å². The molecule has 0 saturated carbocycles. The highest BCUT2D eigenvalue weighted by Crippen LogP contribution is 2.16. The predicted molar refractivity (Wildman–Crippen MR) is 72.8 cm³/mol. The number of carboxylic acid groups (broad SMARTS) is 1. The highest BCUT2D eigenvalue weighted by atomic mass is 35.5. The molecule has 2 N–H and O–H groups in total. The van der Waals surface area contributed by atoms with E-state index in [0.717, 1.165) is 6.42 Å². The second kappa shape index (κ2) is 6.70. The van der Waals surface area contributed by atoms with Crippen molar-refractivity contribution in [3.63, 3.8) is 0 Å². The van der Waals surface area contributed by atoms with Crippen molar-refractivity contribution >= 4 is 34.2 Å². The van der Waals surface area contributed by atoms with Crippen LogP contribution in [0.15, 0.2) is 12.1 Å². The topological polar surface area (TPSA) is 79.3 Å². The number of pyridine rings is 1. The quantitative estimate of drug-likeness (QED) is 0.838. The minimum Gasteiger partial charge on any atom is -0.476 e. The lowest BCUT2D eigenvalue weighted by Crippen LogP contribution is -2.15. The molecule has 0 amide bonds. The van der Waals surface area contributed by atoms with Gasteiger partial charge in [-0.05, 0) is 18.6 Å². The second-order valence-electron chi connectivity index (χ2n) is 3.86. The minimum absolute atomic E-state index is 0.0868. The molecule has 5 nitrogen and oxygen atoms in total. The van der Waals surface area contributed by atoms with Crippen LogP contribution in [0, 0.1) is 0 Å². The Labute approximate surface area is 113 Å². The third kappa shape index (κ3) is 4.27. The van der Waals surface area contributed by atoms with Crippen LogP contribution in [0.3, 0.4) is 0 Å². The Hall–Kier alpha value is -1.14. The molecular weight excluding hydrogens is 276 g/mol. The molecule has 0 bridgehead atoms. The van der Waals surface area contributed by atoms with Crippen LogP contribution in [-0.2, 0) is 10.8 Å². The molecule has 0 aliphatic carbocycles. The Balaban J connectivity index is 2.61. The fourth-order valence-electron chi connectivity index (χ4n) is 1.26. The Bertz CT molecular complexity index is 468. The van der Waals surface area contributed by atoms with E-state index in [0.29, 0.717) is 12.4 Å². The van der Waals surface area contributed by atoms with Gasteiger partial charge in [-0.15, -0.1) is 0 Å². The number of hydrogen-bond acceptors (Lipinski definition) is 4.